The molecule has 1 aromatic heterocycles. The largest absolute Gasteiger partial charge is 0.462 e. The van der Waals surface area contributed by atoms with E-state index >= 15 is 0 Å². The number of esters is 1. The molecule has 0 saturated carbocycles. The molecule has 1 aromatic carbocycles. The summed E-state index contributed by atoms with van der Waals surface area (Å²) in [4.78, 5) is 24.6. The average molecular weight is 289 g/mol. The number of benzene rings is 1. The molecule has 104 valence electrons. The predicted octanol–water partition coefficient (Wildman–Crippen LogP) is 2.51. The van der Waals surface area contributed by atoms with Crippen LogP contribution in [0.4, 0.5) is 0 Å². The topological polar surface area (TPSA) is 55.4 Å². The molecule has 0 aliphatic rings. The van der Waals surface area contributed by atoms with Gasteiger partial charge < -0.3 is 10.1 Å². The lowest BCUT2D eigenvalue weighted by molar-refractivity contribution is 0.0510. The van der Waals surface area contributed by atoms with Crippen molar-refractivity contribution in [2.45, 2.75) is 6.42 Å². The smallest absolute Gasteiger partial charge is 0.338 e. The van der Waals surface area contributed by atoms with Gasteiger partial charge >= 0.3 is 5.97 Å². The second kappa shape index (κ2) is 6.86. The molecule has 20 heavy (non-hydrogen) atoms. The minimum atomic E-state index is -0.410. The van der Waals surface area contributed by atoms with Crippen LogP contribution in [0.15, 0.2) is 41.8 Å². The van der Waals surface area contributed by atoms with Gasteiger partial charge in [0.05, 0.1) is 12.2 Å². The molecule has 0 unspecified atom stereocenters. The van der Waals surface area contributed by atoms with E-state index < -0.39 is 5.97 Å². The second-order valence-electron chi connectivity index (χ2n) is 4.13. The van der Waals surface area contributed by atoms with Crippen molar-refractivity contribution in [2.24, 2.45) is 0 Å². The number of amides is 1. The van der Waals surface area contributed by atoms with Crippen LogP contribution in [0.1, 0.15) is 25.6 Å². The SMILES string of the molecule is CNC(=O)c1cccc(C(=O)OCCc2cccs2)c1. The fourth-order valence-electron chi connectivity index (χ4n) is 1.71. The van der Waals surface area contributed by atoms with Crippen molar-refractivity contribution in [2.75, 3.05) is 13.7 Å². The number of carbonyl (C=O) groups excluding carboxylic acids is 2. The molecule has 1 heterocycles. The molecule has 0 atom stereocenters. The first-order valence-corrected chi connectivity index (χ1v) is 7.10. The highest BCUT2D eigenvalue weighted by Gasteiger charge is 2.10. The van der Waals surface area contributed by atoms with Gasteiger partial charge in [0, 0.05) is 23.9 Å². The number of nitrogens with one attached hydrogen (secondary N) is 1. The summed E-state index contributed by atoms with van der Waals surface area (Å²) >= 11 is 1.64. The Balaban J connectivity index is 1.93. The molecule has 0 saturated heterocycles. The molecule has 1 N–H and O–H groups in total. The van der Waals surface area contributed by atoms with Crippen LogP contribution in [-0.4, -0.2) is 25.5 Å². The Morgan fingerprint density at radius 1 is 1.20 bits per heavy atom. The maximum absolute atomic E-state index is 11.9. The number of rotatable bonds is 5. The van der Waals surface area contributed by atoms with Crippen LogP contribution in [0.2, 0.25) is 0 Å². The third-order valence-corrected chi connectivity index (χ3v) is 3.69. The number of ether oxygens (including phenoxy) is 1. The summed E-state index contributed by atoms with van der Waals surface area (Å²) in [6.07, 6.45) is 0.707. The molecule has 0 aliphatic heterocycles. The van der Waals surface area contributed by atoms with Gasteiger partial charge in [0.1, 0.15) is 0 Å². The zero-order valence-corrected chi connectivity index (χ0v) is 11.9. The van der Waals surface area contributed by atoms with E-state index in [0.717, 1.165) is 0 Å². The first-order chi connectivity index (χ1) is 9.70. The van der Waals surface area contributed by atoms with Gasteiger partial charge in [-0.25, -0.2) is 4.79 Å². The Morgan fingerprint density at radius 3 is 2.70 bits per heavy atom. The van der Waals surface area contributed by atoms with Crippen molar-refractivity contribution in [1.29, 1.82) is 0 Å². The van der Waals surface area contributed by atoms with Crippen LogP contribution in [0, 0.1) is 0 Å². The summed E-state index contributed by atoms with van der Waals surface area (Å²) in [7, 11) is 1.55. The quantitative estimate of drug-likeness (QED) is 0.860. The zero-order chi connectivity index (χ0) is 14.4. The van der Waals surface area contributed by atoms with E-state index in [1.165, 1.54) is 10.9 Å². The molecule has 1 amide bonds. The van der Waals surface area contributed by atoms with Gasteiger partial charge in [-0.3, -0.25) is 4.79 Å². The van der Waals surface area contributed by atoms with E-state index in [2.05, 4.69) is 5.32 Å². The molecule has 4 nitrogen and oxygen atoms in total. The van der Waals surface area contributed by atoms with Crippen molar-refractivity contribution in [3.05, 3.63) is 57.8 Å². The molecular formula is C15H15NO3S. The van der Waals surface area contributed by atoms with Crippen molar-refractivity contribution >= 4 is 23.2 Å². The Kier molecular flexibility index (Phi) is 4.90. The summed E-state index contributed by atoms with van der Waals surface area (Å²) < 4.78 is 5.21. The van der Waals surface area contributed by atoms with Gasteiger partial charge in [-0.05, 0) is 29.6 Å². The minimum Gasteiger partial charge on any atom is -0.462 e. The van der Waals surface area contributed by atoms with Crippen LogP contribution >= 0.6 is 11.3 Å². The van der Waals surface area contributed by atoms with Gasteiger partial charge in [0.15, 0.2) is 0 Å². The first kappa shape index (κ1) is 14.3. The summed E-state index contributed by atoms with van der Waals surface area (Å²) in [6, 6.07) is 10.5. The van der Waals surface area contributed by atoms with Gasteiger partial charge in [0.25, 0.3) is 5.91 Å². The third-order valence-electron chi connectivity index (χ3n) is 2.75. The molecule has 0 radical (unpaired) electrons. The lowest BCUT2D eigenvalue weighted by atomic mass is 10.1. The Morgan fingerprint density at radius 2 is 2.00 bits per heavy atom. The van der Waals surface area contributed by atoms with Crippen molar-refractivity contribution in [1.82, 2.24) is 5.32 Å². The van der Waals surface area contributed by atoms with Gasteiger partial charge in [0.2, 0.25) is 0 Å². The third kappa shape index (κ3) is 3.68. The fourth-order valence-corrected chi connectivity index (χ4v) is 2.40. The highest BCUT2D eigenvalue weighted by Crippen LogP contribution is 2.10. The Labute approximate surface area is 121 Å². The number of thiophene rings is 1. The zero-order valence-electron chi connectivity index (χ0n) is 11.1. The Hall–Kier alpha value is -2.14. The van der Waals surface area contributed by atoms with E-state index in [1.54, 1.807) is 36.6 Å². The lowest BCUT2D eigenvalue weighted by Gasteiger charge is -2.05. The highest BCUT2D eigenvalue weighted by molar-refractivity contribution is 7.09. The molecule has 0 aliphatic carbocycles. The number of hydrogen-bond donors (Lipinski definition) is 1. The molecular weight excluding hydrogens is 274 g/mol. The van der Waals surface area contributed by atoms with Crippen LogP contribution in [0.5, 0.6) is 0 Å². The standard InChI is InChI=1S/C15H15NO3S/c1-16-14(17)11-4-2-5-12(10-11)15(18)19-8-7-13-6-3-9-20-13/h2-6,9-10H,7-8H2,1H3,(H,16,17). The molecule has 0 spiro atoms. The van der Waals surface area contributed by atoms with Crippen LogP contribution in [-0.2, 0) is 11.2 Å². The van der Waals surface area contributed by atoms with Crippen molar-refractivity contribution < 1.29 is 14.3 Å². The minimum absolute atomic E-state index is 0.224. The number of hydrogen-bond acceptors (Lipinski definition) is 4. The predicted molar refractivity (Wildman–Crippen MR) is 78.1 cm³/mol. The summed E-state index contributed by atoms with van der Waals surface area (Å²) in [5.74, 6) is -0.634. The Bertz CT molecular complexity index is 593. The van der Waals surface area contributed by atoms with Gasteiger partial charge in [-0.1, -0.05) is 12.1 Å². The van der Waals surface area contributed by atoms with Crippen molar-refractivity contribution in [3.8, 4) is 0 Å². The van der Waals surface area contributed by atoms with E-state index in [4.69, 9.17) is 4.74 Å². The van der Waals surface area contributed by atoms with E-state index in [1.807, 2.05) is 17.5 Å². The highest BCUT2D eigenvalue weighted by atomic mass is 32.1. The maximum Gasteiger partial charge on any atom is 0.338 e. The monoisotopic (exact) mass is 289 g/mol. The maximum atomic E-state index is 11.9. The molecule has 5 heteroatoms. The summed E-state index contributed by atoms with van der Waals surface area (Å²) in [5, 5.41) is 4.51. The van der Waals surface area contributed by atoms with E-state index in [9.17, 15) is 9.59 Å². The lowest BCUT2D eigenvalue weighted by Crippen LogP contribution is -2.18. The van der Waals surface area contributed by atoms with Crippen LogP contribution in [0.3, 0.4) is 0 Å². The molecule has 2 rings (SSSR count). The average Bonchev–Trinajstić information content (AvgIpc) is 2.99. The van der Waals surface area contributed by atoms with Crippen LogP contribution in [0.25, 0.3) is 0 Å². The molecule has 0 bridgehead atoms. The van der Waals surface area contributed by atoms with E-state index in [-0.39, 0.29) is 5.91 Å². The molecule has 2 aromatic rings. The first-order valence-electron chi connectivity index (χ1n) is 6.22. The number of carbonyl (C=O) groups is 2. The van der Waals surface area contributed by atoms with Gasteiger partial charge in [-0.2, -0.15) is 0 Å². The summed E-state index contributed by atoms with van der Waals surface area (Å²) in [5.41, 5.74) is 0.831. The summed E-state index contributed by atoms with van der Waals surface area (Å²) in [6.45, 7) is 0.337. The fraction of sp³-hybridized carbons (Fsp3) is 0.200. The second-order valence-corrected chi connectivity index (χ2v) is 5.16. The van der Waals surface area contributed by atoms with Crippen molar-refractivity contribution in [3.63, 3.8) is 0 Å². The normalized spacial score (nSPS) is 10.1. The van der Waals surface area contributed by atoms with E-state index in [0.29, 0.717) is 24.2 Å². The van der Waals surface area contributed by atoms with Crippen LogP contribution < -0.4 is 5.32 Å². The molecule has 0 fully saturated rings. The van der Waals surface area contributed by atoms with Gasteiger partial charge in [-0.15, -0.1) is 11.3 Å².